The summed E-state index contributed by atoms with van der Waals surface area (Å²) < 4.78 is 0. The first-order valence-corrected chi connectivity index (χ1v) is 5.71. The van der Waals surface area contributed by atoms with Gasteiger partial charge in [0, 0.05) is 5.56 Å². The van der Waals surface area contributed by atoms with Crippen LogP contribution in [0.15, 0.2) is 17.2 Å². The maximum absolute atomic E-state index is 5.37. The van der Waals surface area contributed by atoms with Crippen LogP contribution in [0.4, 0.5) is 0 Å². The van der Waals surface area contributed by atoms with E-state index < -0.39 is 0 Å². The Balaban J connectivity index is 2.39. The van der Waals surface area contributed by atoms with Gasteiger partial charge in [0.15, 0.2) is 5.11 Å². The summed E-state index contributed by atoms with van der Waals surface area (Å²) in [6.45, 7) is 4.24. The van der Waals surface area contributed by atoms with Gasteiger partial charge in [0.2, 0.25) is 0 Å². The highest BCUT2D eigenvalue weighted by atomic mass is 32.1. The molecule has 0 radical (unpaired) electrons. The number of rotatable bonds is 1. The van der Waals surface area contributed by atoms with E-state index in [4.69, 9.17) is 18.0 Å². The Bertz CT molecular complexity index is 477. The molecule has 1 aromatic carbocycles. The zero-order chi connectivity index (χ0) is 11.7. The van der Waals surface area contributed by atoms with E-state index in [1.54, 1.807) is 0 Å². The highest BCUT2D eigenvalue weighted by Gasteiger charge is 2.20. The second-order valence-corrected chi connectivity index (χ2v) is 4.59. The second kappa shape index (κ2) is 4.22. The molecule has 0 amide bonds. The van der Waals surface area contributed by atoms with Crippen molar-refractivity contribution in [3.05, 3.63) is 34.4 Å². The second-order valence-electron chi connectivity index (χ2n) is 4.15. The average Bonchev–Trinajstić information content (AvgIpc) is 2.57. The standard InChI is InChI=1S/C12H15N3S/c1-7-5-8(2)11-9(6-7)3-4-10(11)14-15-12(13)16/h5-6H,3-4H2,1-2H3,(H3,13,15,16)/b14-10+. The molecule has 2 rings (SSSR count). The van der Waals surface area contributed by atoms with Crippen molar-refractivity contribution in [2.75, 3.05) is 0 Å². The molecular weight excluding hydrogens is 218 g/mol. The normalized spacial score (nSPS) is 16.2. The number of fused-ring (bicyclic) bond motifs is 1. The van der Waals surface area contributed by atoms with Gasteiger partial charge in [-0.15, -0.1) is 0 Å². The Morgan fingerprint density at radius 1 is 1.38 bits per heavy atom. The fourth-order valence-corrected chi connectivity index (χ4v) is 2.32. The molecule has 0 saturated heterocycles. The number of hydrogen-bond donors (Lipinski definition) is 2. The maximum atomic E-state index is 5.37. The number of nitrogens with two attached hydrogens (primary N) is 1. The molecule has 1 aromatic rings. The molecule has 0 aliphatic heterocycles. The summed E-state index contributed by atoms with van der Waals surface area (Å²) in [5, 5.41) is 4.47. The summed E-state index contributed by atoms with van der Waals surface area (Å²) in [6, 6.07) is 4.41. The van der Waals surface area contributed by atoms with Crippen LogP contribution >= 0.6 is 12.2 Å². The van der Waals surface area contributed by atoms with Gasteiger partial charge in [-0.1, -0.05) is 17.7 Å². The third-order valence-corrected chi connectivity index (χ3v) is 2.87. The fraction of sp³-hybridized carbons (Fsp3) is 0.333. The van der Waals surface area contributed by atoms with Crippen molar-refractivity contribution in [3.63, 3.8) is 0 Å². The van der Waals surface area contributed by atoms with Crippen LogP contribution in [0, 0.1) is 13.8 Å². The Kier molecular flexibility index (Phi) is 2.92. The molecule has 16 heavy (non-hydrogen) atoms. The van der Waals surface area contributed by atoms with E-state index >= 15 is 0 Å². The summed E-state index contributed by atoms with van der Waals surface area (Å²) in [6.07, 6.45) is 2.00. The highest BCUT2D eigenvalue weighted by molar-refractivity contribution is 7.80. The van der Waals surface area contributed by atoms with Crippen molar-refractivity contribution in [2.45, 2.75) is 26.7 Å². The van der Waals surface area contributed by atoms with Gasteiger partial charge in [-0.25, -0.2) is 0 Å². The van der Waals surface area contributed by atoms with Gasteiger partial charge in [0.1, 0.15) is 0 Å². The predicted molar refractivity (Wildman–Crippen MR) is 70.7 cm³/mol. The van der Waals surface area contributed by atoms with Crippen molar-refractivity contribution < 1.29 is 0 Å². The predicted octanol–water partition coefficient (Wildman–Crippen LogP) is 1.79. The topological polar surface area (TPSA) is 50.4 Å². The summed E-state index contributed by atoms with van der Waals surface area (Å²) in [5.41, 5.74) is 14.3. The van der Waals surface area contributed by atoms with Gasteiger partial charge in [-0.05, 0) is 50.0 Å². The molecule has 0 unspecified atom stereocenters. The molecule has 3 N–H and O–H groups in total. The number of nitrogens with one attached hydrogen (secondary N) is 1. The molecule has 0 aromatic heterocycles. The largest absolute Gasteiger partial charge is 0.375 e. The lowest BCUT2D eigenvalue weighted by Crippen LogP contribution is -2.25. The third-order valence-electron chi connectivity index (χ3n) is 2.78. The van der Waals surface area contributed by atoms with Crippen LogP contribution in [0.25, 0.3) is 0 Å². The first-order valence-electron chi connectivity index (χ1n) is 5.30. The fourth-order valence-electron chi connectivity index (χ4n) is 2.28. The molecule has 3 nitrogen and oxygen atoms in total. The van der Waals surface area contributed by atoms with Crippen LogP contribution < -0.4 is 11.2 Å². The lowest BCUT2D eigenvalue weighted by atomic mass is 10.0. The average molecular weight is 233 g/mol. The molecule has 0 spiro atoms. The van der Waals surface area contributed by atoms with Gasteiger partial charge in [-0.2, -0.15) is 5.10 Å². The van der Waals surface area contributed by atoms with E-state index in [1.807, 2.05) is 0 Å². The van der Waals surface area contributed by atoms with Crippen molar-refractivity contribution >= 4 is 23.0 Å². The summed E-state index contributed by atoms with van der Waals surface area (Å²) in [4.78, 5) is 0. The van der Waals surface area contributed by atoms with Crippen LogP contribution in [0.3, 0.4) is 0 Å². The summed E-state index contributed by atoms with van der Waals surface area (Å²) >= 11 is 4.74. The van der Waals surface area contributed by atoms with E-state index in [9.17, 15) is 0 Å². The SMILES string of the molecule is Cc1cc(C)c2c(c1)CC/C2=N\NC(N)=S. The quantitative estimate of drug-likeness (QED) is 0.574. The summed E-state index contributed by atoms with van der Waals surface area (Å²) in [7, 11) is 0. The van der Waals surface area contributed by atoms with Gasteiger partial charge in [0.05, 0.1) is 5.71 Å². The number of nitrogens with zero attached hydrogens (tertiary/aromatic N) is 1. The van der Waals surface area contributed by atoms with Gasteiger partial charge < -0.3 is 5.73 Å². The highest BCUT2D eigenvalue weighted by Crippen LogP contribution is 2.26. The number of thiocarbonyl (C=S) groups is 1. The minimum atomic E-state index is 0.214. The molecule has 4 heteroatoms. The number of aryl methyl sites for hydroxylation is 3. The van der Waals surface area contributed by atoms with Crippen LogP contribution in [0.5, 0.6) is 0 Å². The third kappa shape index (κ3) is 2.07. The van der Waals surface area contributed by atoms with E-state index in [2.05, 4.69) is 36.5 Å². The van der Waals surface area contributed by atoms with Crippen molar-refractivity contribution in [2.24, 2.45) is 10.8 Å². The Hall–Kier alpha value is -1.42. The molecule has 0 fully saturated rings. The van der Waals surface area contributed by atoms with E-state index in [-0.39, 0.29) is 5.11 Å². The Labute approximate surface area is 101 Å². The first kappa shape index (κ1) is 11.1. The molecule has 1 aliphatic carbocycles. The molecule has 1 aliphatic rings. The van der Waals surface area contributed by atoms with E-state index in [1.165, 1.54) is 22.3 Å². The lowest BCUT2D eigenvalue weighted by molar-refractivity contribution is 1.00. The first-order chi connectivity index (χ1) is 7.58. The number of hydrogen-bond acceptors (Lipinski definition) is 2. The molecule has 84 valence electrons. The van der Waals surface area contributed by atoms with Crippen LogP contribution in [-0.4, -0.2) is 10.8 Å². The monoisotopic (exact) mass is 233 g/mol. The molecule has 0 bridgehead atoms. The van der Waals surface area contributed by atoms with Crippen molar-refractivity contribution in [3.8, 4) is 0 Å². The van der Waals surface area contributed by atoms with Gasteiger partial charge >= 0.3 is 0 Å². The van der Waals surface area contributed by atoms with Crippen molar-refractivity contribution in [1.29, 1.82) is 0 Å². The van der Waals surface area contributed by atoms with Gasteiger partial charge in [0.25, 0.3) is 0 Å². The number of hydrazone groups is 1. The van der Waals surface area contributed by atoms with Crippen LogP contribution in [-0.2, 0) is 6.42 Å². The minimum Gasteiger partial charge on any atom is -0.375 e. The van der Waals surface area contributed by atoms with Crippen LogP contribution in [0.1, 0.15) is 28.7 Å². The number of benzene rings is 1. The summed E-state index contributed by atoms with van der Waals surface area (Å²) in [5.74, 6) is 0. The van der Waals surface area contributed by atoms with Crippen LogP contribution in [0.2, 0.25) is 0 Å². The molecule has 0 atom stereocenters. The molecule has 0 saturated carbocycles. The van der Waals surface area contributed by atoms with Gasteiger partial charge in [-0.3, -0.25) is 5.43 Å². The Morgan fingerprint density at radius 3 is 2.81 bits per heavy atom. The van der Waals surface area contributed by atoms with E-state index in [0.29, 0.717) is 0 Å². The maximum Gasteiger partial charge on any atom is 0.184 e. The molecular formula is C12H15N3S. The smallest absolute Gasteiger partial charge is 0.184 e. The lowest BCUT2D eigenvalue weighted by Gasteiger charge is -2.07. The zero-order valence-electron chi connectivity index (χ0n) is 9.50. The molecule has 0 heterocycles. The minimum absolute atomic E-state index is 0.214. The van der Waals surface area contributed by atoms with E-state index in [0.717, 1.165) is 18.6 Å². The Morgan fingerprint density at radius 2 is 2.12 bits per heavy atom. The van der Waals surface area contributed by atoms with Crippen molar-refractivity contribution in [1.82, 2.24) is 5.43 Å². The zero-order valence-corrected chi connectivity index (χ0v) is 10.3.